The smallest absolute Gasteiger partial charge is 0.328 e. The largest absolute Gasteiger partial charge is 0.454 e. The molecular weight excluding hydrogens is 466 g/mol. The molecule has 12 heteroatoms. The maximum atomic E-state index is 13.0. The summed E-state index contributed by atoms with van der Waals surface area (Å²) in [5.74, 6) is -2.03. The van der Waals surface area contributed by atoms with Crippen LogP contribution in [0.4, 0.5) is 5.69 Å². The van der Waals surface area contributed by atoms with Crippen LogP contribution in [-0.2, 0) is 24.2 Å². The molecule has 186 valence electrons. The lowest BCUT2D eigenvalue weighted by atomic mass is 9.93. The number of nitro groups is 1. The second-order valence-corrected chi connectivity index (χ2v) is 11.0. The Morgan fingerprint density at radius 3 is 2.50 bits per heavy atom. The molecule has 2 amide bonds. The molecule has 1 N–H and O–H groups in total. The number of non-ortho nitro benzene ring substituents is 1. The summed E-state index contributed by atoms with van der Waals surface area (Å²) in [7, 11) is -3.20. The molecule has 1 heterocycles. The Balaban J connectivity index is 1.59. The summed E-state index contributed by atoms with van der Waals surface area (Å²) in [5.41, 5.74) is -0.249. The van der Waals surface area contributed by atoms with Gasteiger partial charge in [0.2, 0.25) is 0 Å². The highest BCUT2D eigenvalue weighted by Gasteiger charge is 2.38. The number of nitrogens with one attached hydrogen (secondary N) is 1. The molecule has 1 aliphatic heterocycles. The van der Waals surface area contributed by atoms with Gasteiger partial charge in [-0.2, -0.15) is 0 Å². The van der Waals surface area contributed by atoms with Crippen LogP contribution >= 0.6 is 0 Å². The van der Waals surface area contributed by atoms with Gasteiger partial charge in [-0.1, -0.05) is 25.3 Å². The minimum Gasteiger partial charge on any atom is -0.454 e. The molecule has 2 aliphatic rings. The Morgan fingerprint density at radius 1 is 1.18 bits per heavy atom. The van der Waals surface area contributed by atoms with Crippen molar-refractivity contribution in [2.45, 2.75) is 63.6 Å². The van der Waals surface area contributed by atoms with Crippen LogP contribution in [0.3, 0.4) is 0 Å². The third-order valence-electron chi connectivity index (χ3n) is 6.22. The maximum Gasteiger partial charge on any atom is 0.328 e. The molecule has 2 fully saturated rings. The number of hydrogen-bond donors (Lipinski definition) is 1. The minimum absolute atomic E-state index is 0.0100. The number of carbonyl (C=O) groups is 3. The van der Waals surface area contributed by atoms with Gasteiger partial charge in [-0.25, -0.2) is 13.2 Å². The third kappa shape index (κ3) is 6.52. The second kappa shape index (κ2) is 10.9. The first kappa shape index (κ1) is 25.6. The van der Waals surface area contributed by atoms with E-state index in [0.717, 1.165) is 38.2 Å². The molecule has 0 aromatic heterocycles. The SMILES string of the molecule is C[C@H](NC(=O)c1cccc([N+](=O)[O-])c1)C(=O)OCC(=O)N(C1CCCCC1)C1CCS(=O)(=O)C1. The van der Waals surface area contributed by atoms with Crippen molar-refractivity contribution < 1.29 is 32.5 Å². The van der Waals surface area contributed by atoms with Crippen LogP contribution in [0.2, 0.25) is 0 Å². The third-order valence-corrected chi connectivity index (χ3v) is 7.97. The Morgan fingerprint density at radius 2 is 1.88 bits per heavy atom. The van der Waals surface area contributed by atoms with E-state index in [2.05, 4.69) is 5.32 Å². The van der Waals surface area contributed by atoms with Gasteiger partial charge >= 0.3 is 5.97 Å². The fourth-order valence-electron chi connectivity index (χ4n) is 4.49. The molecule has 1 unspecified atom stereocenters. The van der Waals surface area contributed by atoms with E-state index in [4.69, 9.17) is 4.74 Å². The topological polar surface area (TPSA) is 153 Å². The number of esters is 1. The lowest BCUT2D eigenvalue weighted by Crippen LogP contribution is -2.50. The van der Waals surface area contributed by atoms with Crippen LogP contribution in [0, 0.1) is 10.1 Å². The van der Waals surface area contributed by atoms with Crippen molar-refractivity contribution in [1.82, 2.24) is 10.2 Å². The van der Waals surface area contributed by atoms with Crippen LogP contribution in [0.1, 0.15) is 55.8 Å². The van der Waals surface area contributed by atoms with Gasteiger partial charge in [-0.3, -0.25) is 19.7 Å². The van der Waals surface area contributed by atoms with E-state index in [1.165, 1.54) is 25.1 Å². The van der Waals surface area contributed by atoms with Crippen molar-refractivity contribution in [2.24, 2.45) is 0 Å². The van der Waals surface area contributed by atoms with Crippen LogP contribution in [0.15, 0.2) is 24.3 Å². The molecule has 1 saturated carbocycles. The number of rotatable bonds is 8. The van der Waals surface area contributed by atoms with Gasteiger partial charge in [-0.05, 0) is 32.3 Å². The summed E-state index contributed by atoms with van der Waals surface area (Å²) >= 11 is 0. The molecule has 11 nitrogen and oxygen atoms in total. The molecule has 0 radical (unpaired) electrons. The molecule has 0 spiro atoms. The highest BCUT2D eigenvalue weighted by molar-refractivity contribution is 7.91. The normalized spacial score (nSPS) is 20.8. The van der Waals surface area contributed by atoms with Gasteiger partial charge < -0.3 is 15.0 Å². The number of sulfone groups is 1. The number of carbonyl (C=O) groups excluding carboxylic acids is 3. The molecule has 1 saturated heterocycles. The Labute approximate surface area is 197 Å². The quantitative estimate of drug-likeness (QED) is 0.324. The van der Waals surface area contributed by atoms with Gasteiger partial charge in [0.1, 0.15) is 6.04 Å². The van der Waals surface area contributed by atoms with E-state index in [-0.39, 0.29) is 28.8 Å². The highest BCUT2D eigenvalue weighted by atomic mass is 32.2. The maximum absolute atomic E-state index is 13.0. The Hall–Kier alpha value is -3.02. The first-order valence-corrected chi connectivity index (χ1v) is 13.1. The first-order valence-electron chi connectivity index (χ1n) is 11.3. The molecule has 34 heavy (non-hydrogen) atoms. The fraction of sp³-hybridized carbons (Fsp3) is 0.591. The molecule has 3 rings (SSSR count). The minimum atomic E-state index is -3.20. The zero-order valence-corrected chi connectivity index (χ0v) is 19.8. The molecule has 1 aromatic carbocycles. The number of benzene rings is 1. The van der Waals surface area contributed by atoms with Gasteiger partial charge in [0.25, 0.3) is 17.5 Å². The summed E-state index contributed by atoms with van der Waals surface area (Å²) in [6.45, 7) is 0.827. The molecule has 1 aromatic rings. The van der Waals surface area contributed by atoms with Crippen molar-refractivity contribution in [3.63, 3.8) is 0 Å². The predicted molar refractivity (Wildman–Crippen MR) is 122 cm³/mol. The Kier molecular flexibility index (Phi) is 8.24. The zero-order chi connectivity index (χ0) is 24.9. The number of nitrogens with zero attached hydrogens (tertiary/aromatic N) is 2. The molecule has 0 bridgehead atoms. The molecular formula is C22H29N3O8S. The van der Waals surface area contributed by atoms with E-state index >= 15 is 0 Å². The number of ether oxygens (including phenoxy) is 1. The van der Waals surface area contributed by atoms with Crippen LogP contribution in [-0.4, -0.2) is 72.3 Å². The first-order chi connectivity index (χ1) is 16.1. The van der Waals surface area contributed by atoms with Crippen LogP contribution < -0.4 is 5.32 Å². The van der Waals surface area contributed by atoms with Gasteiger partial charge in [0.15, 0.2) is 16.4 Å². The van der Waals surface area contributed by atoms with E-state index < -0.39 is 51.2 Å². The Bertz CT molecular complexity index is 1050. The van der Waals surface area contributed by atoms with E-state index in [0.29, 0.717) is 6.42 Å². The van der Waals surface area contributed by atoms with Crippen molar-refractivity contribution in [2.75, 3.05) is 18.1 Å². The van der Waals surface area contributed by atoms with Crippen molar-refractivity contribution in [3.8, 4) is 0 Å². The predicted octanol–water partition coefficient (Wildman–Crippen LogP) is 1.60. The second-order valence-electron chi connectivity index (χ2n) is 8.76. The number of hydrogen-bond acceptors (Lipinski definition) is 8. The van der Waals surface area contributed by atoms with Crippen LogP contribution in [0.25, 0.3) is 0 Å². The lowest BCUT2D eigenvalue weighted by Gasteiger charge is -2.38. The van der Waals surface area contributed by atoms with E-state index in [1.807, 2.05) is 0 Å². The molecule has 2 atom stereocenters. The van der Waals surface area contributed by atoms with Crippen molar-refractivity contribution in [3.05, 3.63) is 39.9 Å². The average Bonchev–Trinajstić information content (AvgIpc) is 3.17. The summed E-state index contributed by atoms with van der Waals surface area (Å²) < 4.78 is 29.1. The lowest BCUT2D eigenvalue weighted by molar-refractivity contribution is -0.384. The van der Waals surface area contributed by atoms with Crippen molar-refractivity contribution >= 4 is 33.3 Å². The number of nitro benzene ring substituents is 1. The fourth-order valence-corrected chi connectivity index (χ4v) is 6.20. The average molecular weight is 496 g/mol. The molecule has 1 aliphatic carbocycles. The van der Waals surface area contributed by atoms with E-state index in [1.54, 1.807) is 4.90 Å². The standard InChI is InChI=1S/C22H29N3O8S/c1-15(23-21(27)16-6-5-9-18(12-16)25(29)30)22(28)33-13-20(26)24(17-7-3-2-4-8-17)19-10-11-34(31,32)14-19/h5-6,9,12,15,17,19H,2-4,7-8,10-11,13-14H2,1H3,(H,23,27)/t15-,19?/m0/s1. The summed E-state index contributed by atoms with van der Waals surface area (Å²) in [5, 5.41) is 13.3. The summed E-state index contributed by atoms with van der Waals surface area (Å²) in [6, 6.07) is 3.46. The number of amides is 2. The summed E-state index contributed by atoms with van der Waals surface area (Å²) in [6.07, 6.45) is 4.91. The van der Waals surface area contributed by atoms with Crippen molar-refractivity contribution in [1.29, 1.82) is 0 Å². The monoisotopic (exact) mass is 495 g/mol. The van der Waals surface area contributed by atoms with Gasteiger partial charge in [0, 0.05) is 29.8 Å². The summed E-state index contributed by atoms with van der Waals surface area (Å²) in [4.78, 5) is 49.6. The highest BCUT2D eigenvalue weighted by Crippen LogP contribution is 2.28. The van der Waals surface area contributed by atoms with Gasteiger partial charge in [-0.15, -0.1) is 0 Å². The van der Waals surface area contributed by atoms with Crippen LogP contribution in [0.5, 0.6) is 0 Å². The zero-order valence-electron chi connectivity index (χ0n) is 19.0. The van der Waals surface area contributed by atoms with Gasteiger partial charge in [0.05, 0.1) is 16.4 Å². The van der Waals surface area contributed by atoms with E-state index in [9.17, 15) is 32.9 Å².